The van der Waals surface area contributed by atoms with Gasteiger partial charge in [-0.25, -0.2) is 0 Å². The van der Waals surface area contributed by atoms with E-state index < -0.39 is 0 Å². The standard InChI is InChI=1S/C14H24N4O/c1-5-16-14-10(6-7-19)13-11(18(14)9(2)3)8-12(15)17(13)4/h8-9,16,19H,5-7,15H2,1-4H3. The van der Waals surface area contributed by atoms with Crippen LogP contribution in [-0.2, 0) is 13.5 Å². The number of nitrogen functional groups attached to an aromatic ring is 1. The van der Waals surface area contributed by atoms with E-state index in [4.69, 9.17) is 5.73 Å². The molecule has 2 aromatic heterocycles. The fourth-order valence-electron chi connectivity index (χ4n) is 2.77. The lowest BCUT2D eigenvalue weighted by Gasteiger charge is -2.16. The first-order valence-electron chi connectivity index (χ1n) is 6.85. The van der Waals surface area contributed by atoms with Gasteiger partial charge in [-0.3, -0.25) is 0 Å². The normalized spacial score (nSPS) is 11.7. The van der Waals surface area contributed by atoms with Crippen LogP contribution in [0.15, 0.2) is 6.07 Å². The lowest BCUT2D eigenvalue weighted by Crippen LogP contribution is -2.10. The van der Waals surface area contributed by atoms with Crippen LogP contribution in [0.4, 0.5) is 11.6 Å². The molecule has 2 aromatic rings. The van der Waals surface area contributed by atoms with E-state index in [0.717, 1.165) is 34.8 Å². The Morgan fingerprint density at radius 1 is 1.42 bits per heavy atom. The van der Waals surface area contributed by atoms with Gasteiger partial charge in [0.2, 0.25) is 0 Å². The largest absolute Gasteiger partial charge is 0.396 e. The van der Waals surface area contributed by atoms with Gasteiger partial charge in [0.25, 0.3) is 0 Å². The van der Waals surface area contributed by atoms with Crippen LogP contribution >= 0.6 is 0 Å². The highest BCUT2D eigenvalue weighted by molar-refractivity contribution is 5.91. The lowest BCUT2D eigenvalue weighted by atomic mass is 10.2. The van der Waals surface area contributed by atoms with Crippen LogP contribution in [0.3, 0.4) is 0 Å². The van der Waals surface area contributed by atoms with Crippen molar-refractivity contribution in [2.45, 2.75) is 33.2 Å². The SMILES string of the molecule is CCNc1c(CCO)c2c(cc(N)n2C)n1C(C)C. The van der Waals surface area contributed by atoms with Crippen molar-refractivity contribution >= 4 is 22.7 Å². The van der Waals surface area contributed by atoms with Gasteiger partial charge in [-0.2, -0.15) is 0 Å². The van der Waals surface area contributed by atoms with Gasteiger partial charge in [-0.15, -0.1) is 0 Å². The molecule has 5 heteroatoms. The van der Waals surface area contributed by atoms with Gasteiger partial charge in [-0.05, 0) is 20.8 Å². The van der Waals surface area contributed by atoms with Gasteiger partial charge in [0.05, 0.1) is 11.0 Å². The number of fused-ring (bicyclic) bond motifs is 1. The summed E-state index contributed by atoms with van der Waals surface area (Å²) in [6.45, 7) is 7.40. The van der Waals surface area contributed by atoms with E-state index in [1.165, 1.54) is 0 Å². The van der Waals surface area contributed by atoms with Crippen LogP contribution in [0.1, 0.15) is 32.4 Å². The number of aliphatic hydroxyl groups is 1. The summed E-state index contributed by atoms with van der Waals surface area (Å²) in [7, 11) is 1.97. The maximum absolute atomic E-state index is 9.34. The van der Waals surface area contributed by atoms with Crippen LogP contribution in [0.2, 0.25) is 0 Å². The van der Waals surface area contributed by atoms with Gasteiger partial charge in [0.1, 0.15) is 11.6 Å². The van der Waals surface area contributed by atoms with E-state index in [-0.39, 0.29) is 6.61 Å². The molecule has 0 bridgehead atoms. The molecule has 0 unspecified atom stereocenters. The number of hydrogen-bond acceptors (Lipinski definition) is 3. The first-order chi connectivity index (χ1) is 9.02. The summed E-state index contributed by atoms with van der Waals surface area (Å²) in [6.07, 6.45) is 0.635. The molecule has 0 aliphatic carbocycles. The molecule has 0 aliphatic heterocycles. The topological polar surface area (TPSA) is 68.1 Å². The molecular formula is C14H24N4O. The fraction of sp³-hybridized carbons (Fsp3) is 0.571. The first kappa shape index (κ1) is 13.8. The zero-order chi connectivity index (χ0) is 14.2. The maximum Gasteiger partial charge on any atom is 0.112 e. The Hall–Kier alpha value is -1.62. The van der Waals surface area contributed by atoms with Gasteiger partial charge in [0.15, 0.2) is 0 Å². The number of aromatic nitrogens is 2. The molecule has 2 rings (SSSR count). The highest BCUT2D eigenvalue weighted by atomic mass is 16.3. The van der Waals surface area contributed by atoms with Gasteiger partial charge in [-0.1, -0.05) is 0 Å². The molecule has 0 fully saturated rings. The van der Waals surface area contributed by atoms with Crippen LogP contribution in [-0.4, -0.2) is 27.4 Å². The Kier molecular flexibility index (Phi) is 3.75. The molecule has 0 aliphatic rings. The second-order valence-corrected chi connectivity index (χ2v) is 5.16. The molecule has 0 radical (unpaired) electrons. The zero-order valence-electron chi connectivity index (χ0n) is 12.2. The predicted octanol–water partition coefficient (Wildman–Crippen LogP) is 2.11. The van der Waals surface area contributed by atoms with Crippen LogP contribution in [0, 0.1) is 0 Å². The van der Waals surface area contributed by atoms with Crippen molar-refractivity contribution in [1.29, 1.82) is 0 Å². The van der Waals surface area contributed by atoms with E-state index in [0.29, 0.717) is 12.5 Å². The molecule has 0 amide bonds. The highest BCUT2D eigenvalue weighted by Crippen LogP contribution is 2.36. The molecule has 0 saturated carbocycles. The number of nitrogens with two attached hydrogens (primary N) is 1. The number of hydrogen-bond donors (Lipinski definition) is 3. The summed E-state index contributed by atoms with van der Waals surface area (Å²) in [6, 6.07) is 2.35. The zero-order valence-corrected chi connectivity index (χ0v) is 12.2. The third kappa shape index (κ3) is 2.08. The van der Waals surface area contributed by atoms with Crippen molar-refractivity contribution in [2.24, 2.45) is 7.05 Å². The fourth-order valence-corrected chi connectivity index (χ4v) is 2.77. The molecule has 0 saturated heterocycles. The summed E-state index contributed by atoms with van der Waals surface area (Å²) in [5.41, 5.74) is 9.42. The summed E-state index contributed by atoms with van der Waals surface area (Å²) < 4.78 is 4.26. The second-order valence-electron chi connectivity index (χ2n) is 5.16. The van der Waals surface area contributed by atoms with E-state index in [9.17, 15) is 5.11 Å². The molecule has 19 heavy (non-hydrogen) atoms. The summed E-state index contributed by atoms with van der Waals surface area (Å²) in [5.74, 6) is 1.86. The Labute approximate surface area is 114 Å². The summed E-state index contributed by atoms with van der Waals surface area (Å²) in [4.78, 5) is 0. The Morgan fingerprint density at radius 3 is 2.63 bits per heavy atom. The number of anilines is 2. The smallest absolute Gasteiger partial charge is 0.112 e. The average Bonchev–Trinajstić information content (AvgIpc) is 2.78. The van der Waals surface area contributed by atoms with Crippen molar-refractivity contribution in [3.8, 4) is 0 Å². The maximum atomic E-state index is 9.34. The minimum absolute atomic E-state index is 0.140. The Bertz CT molecular complexity index is 580. The van der Waals surface area contributed by atoms with Crippen molar-refractivity contribution in [1.82, 2.24) is 9.13 Å². The number of rotatable bonds is 5. The van der Waals surface area contributed by atoms with E-state index in [1.807, 2.05) is 17.7 Å². The third-order valence-corrected chi connectivity index (χ3v) is 3.54. The van der Waals surface area contributed by atoms with Crippen molar-refractivity contribution in [2.75, 3.05) is 24.2 Å². The van der Waals surface area contributed by atoms with Crippen molar-refractivity contribution in [3.05, 3.63) is 11.6 Å². The molecule has 0 spiro atoms. The lowest BCUT2D eigenvalue weighted by molar-refractivity contribution is 0.300. The predicted molar refractivity (Wildman–Crippen MR) is 80.7 cm³/mol. The monoisotopic (exact) mass is 264 g/mol. The van der Waals surface area contributed by atoms with Gasteiger partial charge >= 0.3 is 0 Å². The van der Waals surface area contributed by atoms with Crippen LogP contribution in [0.25, 0.3) is 11.0 Å². The molecule has 5 nitrogen and oxygen atoms in total. The van der Waals surface area contributed by atoms with Crippen LogP contribution < -0.4 is 11.1 Å². The highest BCUT2D eigenvalue weighted by Gasteiger charge is 2.21. The van der Waals surface area contributed by atoms with E-state index >= 15 is 0 Å². The van der Waals surface area contributed by atoms with E-state index in [2.05, 4.69) is 30.7 Å². The Morgan fingerprint density at radius 2 is 2.11 bits per heavy atom. The molecule has 0 atom stereocenters. The van der Waals surface area contributed by atoms with Gasteiger partial charge < -0.3 is 25.3 Å². The molecule has 2 heterocycles. The summed E-state index contributed by atoms with van der Waals surface area (Å²) >= 11 is 0. The molecule has 0 aromatic carbocycles. The quantitative estimate of drug-likeness (QED) is 0.774. The van der Waals surface area contributed by atoms with Crippen molar-refractivity contribution in [3.63, 3.8) is 0 Å². The number of aliphatic hydroxyl groups excluding tert-OH is 1. The Balaban J connectivity index is 2.79. The summed E-state index contributed by atoms with van der Waals surface area (Å²) in [5, 5.41) is 12.8. The molecule has 4 N–H and O–H groups in total. The number of aryl methyl sites for hydroxylation is 1. The molecular weight excluding hydrogens is 240 g/mol. The van der Waals surface area contributed by atoms with Crippen LogP contribution in [0.5, 0.6) is 0 Å². The minimum atomic E-state index is 0.140. The van der Waals surface area contributed by atoms with Gasteiger partial charge in [0, 0.05) is 44.3 Å². The first-order valence-corrected chi connectivity index (χ1v) is 6.85. The molecule has 106 valence electrons. The van der Waals surface area contributed by atoms with E-state index in [1.54, 1.807) is 0 Å². The minimum Gasteiger partial charge on any atom is -0.396 e. The van der Waals surface area contributed by atoms with Crippen molar-refractivity contribution < 1.29 is 5.11 Å². The number of nitrogens with zero attached hydrogens (tertiary/aromatic N) is 2. The average molecular weight is 264 g/mol. The number of nitrogens with one attached hydrogen (secondary N) is 1. The second kappa shape index (κ2) is 5.17. The third-order valence-electron chi connectivity index (χ3n) is 3.54.